The minimum atomic E-state index is -0.630. The second-order valence-corrected chi connectivity index (χ2v) is 7.97. The van der Waals surface area contributed by atoms with E-state index in [1.165, 1.54) is 16.2 Å². The number of nitrogens with two attached hydrogens (primary N) is 1. The molecule has 1 aliphatic rings. The van der Waals surface area contributed by atoms with Gasteiger partial charge in [0.1, 0.15) is 6.04 Å². The van der Waals surface area contributed by atoms with Gasteiger partial charge in [0.2, 0.25) is 5.91 Å². The maximum Gasteiger partial charge on any atom is 0.340 e. The zero-order valence-corrected chi connectivity index (χ0v) is 17.1. The molecule has 2 amide bonds. The Balaban J connectivity index is 1.74. The van der Waals surface area contributed by atoms with Gasteiger partial charge in [0, 0.05) is 11.4 Å². The number of rotatable bonds is 6. The van der Waals surface area contributed by atoms with Crippen LogP contribution in [-0.4, -0.2) is 41.9 Å². The fourth-order valence-corrected chi connectivity index (χ4v) is 4.13. The fraction of sp³-hybridized carbons (Fsp3) is 0.318. The molecule has 0 saturated carbocycles. The molecule has 0 unspecified atom stereocenters. The SMILES string of the molecule is Cc1cccc(/C=C(/C(=O)OCC(=O)N2CCCC[C@H]2C(N)=O)c2cccs2)c1. The molecule has 7 heteroatoms. The minimum absolute atomic E-state index is 0.392. The second kappa shape index (κ2) is 9.52. The zero-order chi connectivity index (χ0) is 20.8. The van der Waals surface area contributed by atoms with E-state index in [9.17, 15) is 14.4 Å². The molecule has 152 valence electrons. The molecule has 3 rings (SSSR count). The second-order valence-electron chi connectivity index (χ2n) is 7.03. The van der Waals surface area contributed by atoms with Crippen LogP contribution in [-0.2, 0) is 19.1 Å². The van der Waals surface area contributed by atoms with Crippen LogP contribution in [0.15, 0.2) is 41.8 Å². The number of hydrogen-bond donors (Lipinski definition) is 1. The minimum Gasteiger partial charge on any atom is -0.452 e. The first-order chi connectivity index (χ1) is 14.0. The molecule has 2 N–H and O–H groups in total. The van der Waals surface area contributed by atoms with Crippen molar-refractivity contribution < 1.29 is 19.1 Å². The van der Waals surface area contributed by atoms with Crippen LogP contribution in [0.4, 0.5) is 0 Å². The monoisotopic (exact) mass is 412 g/mol. The predicted octanol–water partition coefficient (Wildman–Crippen LogP) is 3.01. The molecule has 1 aliphatic heterocycles. The Morgan fingerprint density at radius 1 is 1.24 bits per heavy atom. The van der Waals surface area contributed by atoms with Gasteiger partial charge in [-0.2, -0.15) is 0 Å². The largest absolute Gasteiger partial charge is 0.452 e. The molecule has 0 bridgehead atoms. The average Bonchev–Trinajstić information content (AvgIpc) is 3.24. The number of likely N-dealkylation sites (tertiary alicyclic amines) is 1. The topological polar surface area (TPSA) is 89.7 Å². The third-order valence-corrected chi connectivity index (χ3v) is 5.74. The number of piperidine rings is 1. The summed E-state index contributed by atoms with van der Waals surface area (Å²) < 4.78 is 5.33. The molecule has 1 fully saturated rings. The smallest absolute Gasteiger partial charge is 0.340 e. The third-order valence-electron chi connectivity index (χ3n) is 4.84. The Kier molecular flexibility index (Phi) is 6.82. The lowest BCUT2D eigenvalue weighted by Crippen LogP contribution is -2.51. The number of carbonyl (C=O) groups excluding carboxylic acids is 3. The molecule has 0 aliphatic carbocycles. The lowest BCUT2D eigenvalue weighted by atomic mass is 10.0. The van der Waals surface area contributed by atoms with Crippen molar-refractivity contribution in [1.29, 1.82) is 0 Å². The number of nitrogens with zero attached hydrogens (tertiary/aromatic N) is 1. The first kappa shape index (κ1) is 20.8. The van der Waals surface area contributed by atoms with Gasteiger partial charge in [-0.15, -0.1) is 11.3 Å². The molecule has 1 saturated heterocycles. The highest BCUT2D eigenvalue weighted by atomic mass is 32.1. The third kappa shape index (κ3) is 5.32. The summed E-state index contributed by atoms with van der Waals surface area (Å²) in [4.78, 5) is 39.1. The number of amides is 2. The van der Waals surface area contributed by atoms with E-state index >= 15 is 0 Å². The number of thiophene rings is 1. The normalized spacial score (nSPS) is 17.1. The Hall–Kier alpha value is -2.93. The van der Waals surface area contributed by atoms with E-state index in [-0.39, 0.29) is 0 Å². The number of hydrogen-bond acceptors (Lipinski definition) is 5. The molecule has 2 aromatic rings. The summed E-state index contributed by atoms with van der Waals surface area (Å²) in [6.45, 7) is 2.01. The van der Waals surface area contributed by atoms with Crippen molar-refractivity contribution in [2.75, 3.05) is 13.2 Å². The molecule has 1 atom stereocenters. The summed E-state index contributed by atoms with van der Waals surface area (Å²) >= 11 is 1.42. The lowest BCUT2D eigenvalue weighted by molar-refractivity contribution is -0.151. The van der Waals surface area contributed by atoms with Crippen LogP contribution < -0.4 is 5.73 Å². The quantitative estimate of drug-likeness (QED) is 0.583. The van der Waals surface area contributed by atoms with Crippen molar-refractivity contribution in [3.8, 4) is 0 Å². The molecule has 6 nitrogen and oxygen atoms in total. The van der Waals surface area contributed by atoms with Gasteiger partial charge in [0.25, 0.3) is 5.91 Å². The van der Waals surface area contributed by atoms with Crippen molar-refractivity contribution >= 4 is 40.8 Å². The Bertz CT molecular complexity index is 921. The van der Waals surface area contributed by atoms with E-state index in [0.717, 1.165) is 28.8 Å². The van der Waals surface area contributed by atoms with Gasteiger partial charge in [-0.25, -0.2) is 4.79 Å². The fourth-order valence-electron chi connectivity index (χ4n) is 3.40. The molecule has 29 heavy (non-hydrogen) atoms. The number of primary amides is 1. The predicted molar refractivity (Wildman–Crippen MR) is 113 cm³/mol. The Morgan fingerprint density at radius 3 is 2.76 bits per heavy atom. The Morgan fingerprint density at radius 2 is 2.07 bits per heavy atom. The van der Waals surface area contributed by atoms with Crippen molar-refractivity contribution in [3.05, 3.63) is 57.8 Å². The van der Waals surface area contributed by atoms with Crippen LogP contribution in [0.1, 0.15) is 35.3 Å². The van der Waals surface area contributed by atoms with E-state index in [2.05, 4.69) is 0 Å². The van der Waals surface area contributed by atoms with Crippen LogP contribution in [0.3, 0.4) is 0 Å². The van der Waals surface area contributed by atoms with Gasteiger partial charge in [-0.05, 0) is 49.3 Å². The summed E-state index contributed by atoms with van der Waals surface area (Å²) in [6.07, 6.45) is 3.96. The average molecular weight is 413 g/mol. The van der Waals surface area contributed by atoms with Gasteiger partial charge < -0.3 is 15.4 Å². The molecule has 2 heterocycles. The van der Waals surface area contributed by atoms with Gasteiger partial charge in [-0.3, -0.25) is 9.59 Å². The van der Waals surface area contributed by atoms with Crippen molar-refractivity contribution in [2.45, 2.75) is 32.2 Å². The highest BCUT2D eigenvalue weighted by molar-refractivity contribution is 7.11. The summed E-state index contributed by atoms with van der Waals surface area (Å²) in [7, 11) is 0. The molecule has 0 spiro atoms. The molecular weight excluding hydrogens is 388 g/mol. The molecule has 1 aromatic carbocycles. The number of aryl methyl sites for hydroxylation is 1. The van der Waals surface area contributed by atoms with E-state index in [0.29, 0.717) is 18.5 Å². The van der Waals surface area contributed by atoms with Crippen LogP contribution in [0.2, 0.25) is 0 Å². The highest BCUT2D eigenvalue weighted by Crippen LogP contribution is 2.25. The van der Waals surface area contributed by atoms with Gasteiger partial charge in [-0.1, -0.05) is 35.9 Å². The first-order valence-electron chi connectivity index (χ1n) is 9.54. The van der Waals surface area contributed by atoms with Crippen molar-refractivity contribution in [2.24, 2.45) is 5.73 Å². The van der Waals surface area contributed by atoms with E-state index in [4.69, 9.17) is 10.5 Å². The maximum atomic E-state index is 12.8. The van der Waals surface area contributed by atoms with Crippen molar-refractivity contribution in [1.82, 2.24) is 4.90 Å². The van der Waals surface area contributed by atoms with Gasteiger partial charge in [0.05, 0.1) is 5.57 Å². The van der Waals surface area contributed by atoms with E-state index in [1.807, 2.05) is 48.7 Å². The zero-order valence-electron chi connectivity index (χ0n) is 16.3. The highest BCUT2D eigenvalue weighted by Gasteiger charge is 2.31. The van der Waals surface area contributed by atoms with Crippen LogP contribution in [0.5, 0.6) is 0 Å². The summed E-state index contributed by atoms with van der Waals surface area (Å²) in [6, 6.07) is 10.8. The Labute approximate surface area is 174 Å². The number of benzene rings is 1. The maximum absolute atomic E-state index is 12.8. The van der Waals surface area contributed by atoms with E-state index < -0.39 is 30.4 Å². The standard InChI is InChI=1S/C22H24N2O4S/c1-15-6-4-7-16(12-15)13-17(19-9-5-11-29-19)22(27)28-14-20(25)24-10-3-2-8-18(24)21(23)26/h4-7,9,11-13,18H,2-3,8,10,14H2,1H3,(H2,23,26)/b17-13+/t18-/m0/s1. The van der Waals surface area contributed by atoms with Gasteiger partial charge >= 0.3 is 5.97 Å². The van der Waals surface area contributed by atoms with Crippen molar-refractivity contribution in [3.63, 3.8) is 0 Å². The molecular formula is C22H24N2O4S. The van der Waals surface area contributed by atoms with Crippen LogP contribution in [0.25, 0.3) is 11.6 Å². The number of ether oxygens (including phenoxy) is 1. The summed E-state index contributed by atoms with van der Waals surface area (Å²) in [5.41, 5.74) is 7.76. The summed E-state index contributed by atoms with van der Waals surface area (Å²) in [5.74, 6) is -1.50. The molecule has 0 radical (unpaired) electrons. The van der Waals surface area contributed by atoms with E-state index in [1.54, 1.807) is 6.08 Å². The number of esters is 1. The van der Waals surface area contributed by atoms with Crippen LogP contribution >= 0.6 is 11.3 Å². The first-order valence-corrected chi connectivity index (χ1v) is 10.4. The number of carbonyl (C=O) groups is 3. The van der Waals surface area contributed by atoms with Gasteiger partial charge in [0.15, 0.2) is 6.61 Å². The summed E-state index contributed by atoms with van der Waals surface area (Å²) in [5, 5.41) is 1.88. The van der Waals surface area contributed by atoms with Crippen LogP contribution in [0, 0.1) is 6.92 Å². The molecule has 1 aromatic heterocycles. The lowest BCUT2D eigenvalue weighted by Gasteiger charge is -2.33.